The molecule has 0 bridgehead atoms. The number of rotatable bonds is 43. The predicted octanol–water partition coefficient (Wildman–Crippen LogP) is 4.40. The van der Waals surface area contributed by atoms with Gasteiger partial charge >= 0.3 is 18.1 Å². The van der Waals surface area contributed by atoms with Gasteiger partial charge in [0.1, 0.15) is 31.1 Å². The fourth-order valence-electron chi connectivity index (χ4n) is 10.9. The number of aliphatic hydroxyl groups is 1. The first-order valence-electron chi connectivity index (χ1n) is 31.9. The third kappa shape index (κ3) is 21.1. The Hall–Kier alpha value is -7.25. The molecule has 0 unspecified atom stereocenters. The predicted molar refractivity (Wildman–Crippen MR) is 336 cm³/mol. The van der Waals surface area contributed by atoms with Crippen LogP contribution in [0.1, 0.15) is 111 Å². The maximum atomic E-state index is 15.5. The first-order valence-corrected chi connectivity index (χ1v) is 31.9. The average molecular weight is 1310 g/mol. The third-order valence-corrected chi connectivity index (χ3v) is 15.9. The Morgan fingerprint density at radius 1 is 0.763 bits per heavy atom. The van der Waals surface area contributed by atoms with Crippen molar-refractivity contribution in [1.29, 1.82) is 0 Å². The van der Waals surface area contributed by atoms with Crippen molar-refractivity contribution in [1.82, 2.24) is 30.8 Å². The fraction of sp³-hybridized carbons (Fsp3) is 0.600. The Bertz CT molecular complexity index is 3210. The maximum Gasteiger partial charge on any atom is 0.407 e. The van der Waals surface area contributed by atoms with Gasteiger partial charge in [-0.3, -0.25) is 19.2 Å². The molecule has 4 heterocycles. The van der Waals surface area contributed by atoms with Gasteiger partial charge in [0.25, 0.3) is 5.56 Å². The average Bonchev–Trinajstić information content (AvgIpc) is 1.63. The second-order valence-corrected chi connectivity index (χ2v) is 22.9. The topological polar surface area (TPSA) is 345 Å². The number of aryl methyl sites for hydroxylation is 1. The van der Waals surface area contributed by atoms with E-state index in [4.69, 9.17) is 62.8 Å². The van der Waals surface area contributed by atoms with Crippen molar-refractivity contribution in [2.45, 2.75) is 123 Å². The number of cyclic esters (lactones) is 1. The van der Waals surface area contributed by atoms with Crippen LogP contribution in [0.15, 0.2) is 41.2 Å². The number of urea groups is 1. The molecule has 6 amide bonds. The van der Waals surface area contributed by atoms with Crippen molar-refractivity contribution in [2.75, 3.05) is 131 Å². The summed E-state index contributed by atoms with van der Waals surface area (Å²) in [4.78, 5) is 97.5. The number of carbonyl (C=O) groups is 6. The van der Waals surface area contributed by atoms with Gasteiger partial charge in [-0.2, -0.15) is 0 Å². The Labute approximate surface area is 540 Å². The van der Waals surface area contributed by atoms with Crippen molar-refractivity contribution < 1.29 is 90.4 Å². The highest BCUT2D eigenvalue weighted by atomic mass is 19.1. The number of primary amides is 1. The molecule has 4 atom stereocenters. The SMILES string of the molecule is CCCOCCOCCOCCOCCOCCOCCOCCOCCOCCC(=O)N[C@H](C(=O)N[C@@H](CCCNC(N)=O)C(=O)Nc1ccc(COC(=O)N[C@H]2CCc3c(C)c(F)cc4nc5c(c2c34)Cn2c-5cc3c(c2=O)COC(=O)[C@]3(O)CC)cc1)C(C)C. The van der Waals surface area contributed by atoms with Crippen LogP contribution in [0.4, 0.5) is 19.7 Å². The molecule has 0 fully saturated rings. The van der Waals surface area contributed by atoms with E-state index in [1.54, 1.807) is 58.0 Å². The monoisotopic (exact) mass is 1310 g/mol. The number of halogens is 1. The molecule has 28 heteroatoms. The second-order valence-electron chi connectivity index (χ2n) is 22.9. The summed E-state index contributed by atoms with van der Waals surface area (Å²) in [6.07, 6.45) is 1.30. The maximum absolute atomic E-state index is 15.5. The molecule has 0 saturated carbocycles. The minimum atomic E-state index is -2.05. The zero-order valence-corrected chi connectivity index (χ0v) is 53.9. The number of amides is 6. The summed E-state index contributed by atoms with van der Waals surface area (Å²) < 4.78 is 77.4. The molecule has 2 aromatic heterocycles. The lowest BCUT2D eigenvalue weighted by molar-refractivity contribution is -0.172. The number of carbonyl (C=O) groups excluding carboxylic acids is 6. The number of nitrogens with zero attached hydrogens (tertiary/aromatic N) is 2. The van der Waals surface area contributed by atoms with Crippen molar-refractivity contribution in [2.24, 2.45) is 11.7 Å². The Balaban J connectivity index is 0.797. The molecule has 8 N–H and O–H groups in total. The van der Waals surface area contributed by atoms with Crippen molar-refractivity contribution >= 4 is 52.4 Å². The van der Waals surface area contributed by atoms with Gasteiger partial charge in [-0.25, -0.2) is 23.8 Å². The first kappa shape index (κ1) is 73.2. The number of hydrogen-bond acceptors (Lipinski definition) is 20. The van der Waals surface area contributed by atoms with E-state index >= 15 is 4.39 Å². The zero-order valence-electron chi connectivity index (χ0n) is 53.9. The zero-order chi connectivity index (χ0) is 66.7. The molecule has 93 heavy (non-hydrogen) atoms. The first-order chi connectivity index (χ1) is 44.9. The van der Waals surface area contributed by atoms with Gasteiger partial charge < -0.3 is 94.1 Å². The molecule has 7 rings (SSSR count). The van der Waals surface area contributed by atoms with Crippen LogP contribution in [-0.2, 0) is 103 Å². The van der Waals surface area contributed by atoms with Gasteiger partial charge in [0, 0.05) is 47.8 Å². The van der Waals surface area contributed by atoms with Crippen LogP contribution in [0.5, 0.6) is 0 Å². The van der Waals surface area contributed by atoms with Crippen LogP contribution in [0.2, 0.25) is 0 Å². The van der Waals surface area contributed by atoms with E-state index < -0.39 is 70.9 Å². The van der Waals surface area contributed by atoms with Crippen LogP contribution in [0.25, 0.3) is 22.3 Å². The highest BCUT2D eigenvalue weighted by Gasteiger charge is 2.46. The Morgan fingerprint density at radius 3 is 1.88 bits per heavy atom. The number of fused-ring (bicyclic) bond motifs is 5. The molecule has 512 valence electrons. The van der Waals surface area contributed by atoms with Gasteiger partial charge in [0.05, 0.1) is 147 Å². The summed E-state index contributed by atoms with van der Waals surface area (Å²) >= 11 is 0. The number of hydrogen-bond donors (Lipinski definition) is 7. The molecule has 3 aliphatic rings. The van der Waals surface area contributed by atoms with E-state index in [1.165, 1.54) is 10.6 Å². The van der Waals surface area contributed by atoms with Gasteiger partial charge in [0.2, 0.25) is 17.7 Å². The standard InChI is InChI=1S/C65H91FN8O19/c1-6-18-83-20-22-85-24-26-87-28-30-89-32-34-91-35-33-90-31-29-88-27-25-86-23-21-84-19-16-54(75)73-57(41(3)4)60(77)71-51(9-8-17-68-63(67)80)59(76)69-44-12-10-43(11-13-44)39-93-64(81)72-50-15-14-45-42(5)49(66)37-52-55(45)56(50)46-38-74-53(58(46)70-52)36-48-47(61(74)78)40-92-62(79)65(48,82)7-2/h10-13,36-37,41,50-51,57,82H,6-9,14-35,38-40H2,1-5H3,(H,69,76)(H,71,77)(H,72,81)(H,73,75)(H3,67,68,80)/t50-,51-,57-,65-/m0/s1. The third-order valence-electron chi connectivity index (χ3n) is 15.9. The lowest BCUT2D eigenvalue weighted by atomic mass is 9.81. The molecular formula is C65H91FN8O19. The Morgan fingerprint density at radius 2 is 1.33 bits per heavy atom. The number of benzene rings is 2. The molecule has 1 aliphatic carbocycles. The van der Waals surface area contributed by atoms with Crippen LogP contribution in [-0.4, -0.2) is 188 Å². The van der Waals surface area contributed by atoms with Crippen LogP contribution >= 0.6 is 0 Å². The van der Waals surface area contributed by atoms with Crippen molar-refractivity contribution in [3.05, 3.63) is 91.5 Å². The summed E-state index contributed by atoms with van der Waals surface area (Å²) in [6, 6.07) is 5.90. The number of anilines is 1. The number of pyridine rings is 2. The van der Waals surface area contributed by atoms with Gasteiger partial charge in [0.15, 0.2) is 5.60 Å². The summed E-state index contributed by atoms with van der Waals surface area (Å²) in [6.45, 7) is 16.3. The summed E-state index contributed by atoms with van der Waals surface area (Å²) in [5.74, 6) is -3.30. The van der Waals surface area contributed by atoms with Gasteiger partial charge in [-0.15, -0.1) is 0 Å². The van der Waals surface area contributed by atoms with E-state index in [0.29, 0.717) is 156 Å². The minimum Gasteiger partial charge on any atom is -0.458 e. The van der Waals surface area contributed by atoms with Crippen LogP contribution in [0.3, 0.4) is 0 Å². The number of ether oxygens (including phenoxy) is 11. The molecule has 2 aromatic carbocycles. The number of nitrogens with two attached hydrogens (primary N) is 1. The minimum absolute atomic E-state index is 0.0400. The number of nitrogens with one attached hydrogen (secondary N) is 5. The van der Waals surface area contributed by atoms with E-state index in [9.17, 15) is 38.7 Å². The van der Waals surface area contributed by atoms with Crippen molar-refractivity contribution in [3.8, 4) is 11.4 Å². The summed E-state index contributed by atoms with van der Waals surface area (Å²) in [5.41, 5.74) is 7.47. The molecule has 0 radical (unpaired) electrons. The number of alkyl carbamates (subject to hydrolysis) is 1. The van der Waals surface area contributed by atoms with E-state index in [2.05, 4.69) is 33.5 Å². The van der Waals surface area contributed by atoms with Gasteiger partial charge in [-0.05, 0) is 91.8 Å². The molecule has 0 saturated heterocycles. The Kier molecular flexibility index (Phi) is 29.6. The molecular weight excluding hydrogens is 1220 g/mol. The van der Waals surface area contributed by atoms with Crippen LogP contribution < -0.4 is 37.9 Å². The molecule has 0 spiro atoms. The van der Waals surface area contributed by atoms with Crippen LogP contribution in [0, 0.1) is 18.7 Å². The summed E-state index contributed by atoms with van der Waals surface area (Å²) in [7, 11) is 0. The smallest absolute Gasteiger partial charge is 0.407 e. The van der Waals surface area contributed by atoms with E-state index in [-0.39, 0.29) is 88.9 Å². The highest BCUT2D eigenvalue weighted by molar-refractivity contribution is 5.99. The molecule has 4 aromatic rings. The molecule has 27 nitrogen and oxygen atoms in total. The normalized spacial score (nSPS) is 16.0. The number of aromatic nitrogens is 2. The quantitative estimate of drug-likeness (QED) is 0.0210. The van der Waals surface area contributed by atoms with Gasteiger partial charge in [-0.1, -0.05) is 39.8 Å². The fourth-order valence-corrected chi connectivity index (χ4v) is 10.9. The highest BCUT2D eigenvalue weighted by Crippen LogP contribution is 2.46. The largest absolute Gasteiger partial charge is 0.458 e. The van der Waals surface area contributed by atoms with Crippen molar-refractivity contribution in [3.63, 3.8) is 0 Å². The lowest BCUT2D eigenvalue weighted by Gasteiger charge is -2.31. The molecule has 2 aliphatic heterocycles. The second kappa shape index (κ2) is 37.6. The lowest BCUT2D eigenvalue weighted by Crippen LogP contribution is -2.54. The van der Waals surface area contributed by atoms with E-state index in [0.717, 1.165) is 18.6 Å². The number of esters is 1. The van der Waals surface area contributed by atoms with E-state index in [1.807, 2.05) is 0 Å². The summed E-state index contributed by atoms with van der Waals surface area (Å²) in [5, 5.41) is 25.9.